The summed E-state index contributed by atoms with van der Waals surface area (Å²) in [5.41, 5.74) is 1.68. The fraction of sp³-hybridized carbons (Fsp3) is 0.238. The molecule has 3 aromatic rings. The van der Waals surface area contributed by atoms with E-state index in [0.717, 1.165) is 0 Å². The van der Waals surface area contributed by atoms with Crippen molar-refractivity contribution in [3.8, 4) is 11.3 Å². The molecule has 1 fully saturated rings. The molecular weight excluding hydrogens is 347 g/mol. The van der Waals surface area contributed by atoms with Gasteiger partial charge in [-0.1, -0.05) is 30.3 Å². The van der Waals surface area contributed by atoms with Crippen LogP contribution < -0.4 is 5.32 Å². The van der Waals surface area contributed by atoms with E-state index in [2.05, 4.69) is 10.3 Å². The Morgan fingerprint density at radius 3 is 2.78 bits per heavy atom. The predicted octanol–water partition coefficient (Wildman–Crippen LogP) is 2.63. The summed E-state index contributed by atoms with van der Waals surface area (Å²) in [5.74, 6) is -0.829. The van der Waals surface area contributed by atoms with E-state index in [-0.39, 0.29) is 0 Å². The lowest BCUT2D eigenvalue weighted by Crippen LogP contribution is -2.44. The van der Waals surface area contributed by atoms with Gasteiger partial charge >= 0.3 is 0 Å². The number of ketones is 1. The van der Waals surface area contributed by atoms with Gasteiger partial charge in [-0.05, 0) is 29.8 Å². The number of carbonyl (C=O) groups excluding carboxylic acids is 1. The van der Waals surface area contributed by atoms with Crippen molar-refractivity contribution in [1.82, 2.24) is 10.3 Å². The number of aliphatic hydroxyl groups is 1. The van der Waals surface area contributed by atoms with E-state index < -0.39 is 23.8 Å². The Labute approximate surface area is 155 Å². The fourth-order valence-corrected chi connectivity index (χ4v) is 3.31. The molecule has 1 aliphatic rings. The predicted molar refractivity (Wildman–Crippen MR) is 99.7 cm³/mol. The summed E-state index contributed by atoms with van der Waals surface area (Å²) in [6, 6.07) is 15.1. The number of nitrogens with one attached hydrogen (secondary N) is 1. The van der Waals surface area contributed by atoms with Crippen LogP contribution in [0.2, 0.25) is 0 Å². The topological polar surface area (TPSA) is 71.5 Å². The minimum absolute atomic E-state index is 0.319. The molecule has 2 heterocycles. The van der Waals surface area contributed by atoms with Crippen molar-refractivity contribution in [1.29, 1.82) is 0 Å². The molecule has 6 heteroatoms. The lowest BCUT2D eigenvalue weighted by molar-refractivity contribution is -0.140. The van der Waals surface area contributed by atoms with Gasteiger partial charge < -0.3 is 15.2 Å². The summed E-state index contributed by atoms with van der Waals surface area (Å²) in [6.45, 7) is 1.45. The molecule has 138 valence electrons. The SMILES string of the molecule is O=C(C1CNCCO1)C(O)c1cc(-c2ccccc2F)nc2ccccc12. The van der Waals surface area contributed by atoms with Gasteiger partial charge in [-0.15, -0.1) is 0 Å². The van der Waals surface area contributed by atoms with Crippen LogP contribution in [0.25, 0.3) is 22.2 Å². The summed E-state index contributed by atoms with van der Waals surface area (Å²) in [6.07, 6.45) is -2.09. The Balaban J connectivity index is 1.81. The highest BCUT2D eigenvalue weighted by Crippen LogP contribution is 2.31. The molecule has 2 N–H and O–H groups in total. The van der Waals surface area contributed by atoms with Gasteiger partial charge in [0.1, 0.15) is 18.0 Å². The number of hydrogen-bond acceptors (Lipinski definition) is 5. The van der Waals surface area contributed by atoms with Crippen LogP contribution in [0.4, 0.5) is 4.39 Å². The third kappa shape index (κ3) is 3.47. The number of ether oxygens (including phenoxy) is 1. The first-order valence-corrected chi connectivity index (χ1v) is 8.84. The normalized spacial score (nSPS) is 18.4. The fourth-order valence-electron chi connectivity index (χ4n) is 3.31. The number of morpholine rings is 1. The Morgan fingerprint density at radius 2 is 2.00 bits per heavy atom. The average Bonchev–Trinajstić information content (AvgIpc) is 2.73. The van der Waals surface area contributed by atoms with Crippen LogP contribution in [0.3, 0.4) is 0 Å². The second kappa shape index (κ2) is 7.52. The molecule has 0 saturated carbocycles. The highest BCUT2D eigenvalue weighted by atomic mass is 19.1. The van der Waals surface area contributed by atoms with E-state index in [1.54, 1.807) is 36.4 Å². The molecule has 2 atom stereocenters. The number of aliphatic hydroxyl groups excluding tert-OH is 1. The number of fused-ring (bicyclic) bond motifs is 1. The molecular formula is C21H19FN2O3. The van der Waals surface area contributed by atoms with Crippen molar-refractivity contribution in [2.75, 3.05) is 19.7 Å². The first kappa shape index (κ1) is 17.7. The Bertz CT molecular complexity index is 986. The van der Waals surface area contributed by atoms with Crippen LogP contribution in [0.1, 0.15) is 11.7 Å². The standard InChI is InChI=1S/C21H19FN2O3/c22-16-7-3-1-6-14(16)18-11-15(13-5-2-4-8-17(13)24-18)20(25)21(26)19-12-23-9-10-27-19/h1-8,11,19-20,23,25H,9-10,12H2. The molecule has 2 unspecified atom stereocenters. The molecule has 0 bridgehead atoms. The molecule has 4 rings (SSSR count). The summed E-state index contributed by atoms with van der Waals surface area (Å²) >= 11 is 0. The molecule has 1 saturated heterocycles. The van der Waals surface area contributed by atoms with Crippen LogP contribution in [0, 0.1) is 5.82 Å². The molecule has 1 aliphatic heterocycles. The van der Waals surface area contributed by atoms with Crippen molar-refractivity contribution in [3.63, 3.8) is 0 Å². The van der Waals surface area contributed by atoms with Gasteiger partial charge in [0.25, 0.3) is 0 Å². The summed E-state index contributed by atoms with van der Waals surface area (Å²) in [5, 5.41) is 14.5. The lowest BCUT2D eigenvalue weighted by Gasteiger charge is -2.25. The van der Waals surface area contributed by atoms with Crippen molar-refractivity contribution in [3.05, 3.63) is 66.0 Å². The molecule has 0 aliphatic carbocycles. The van der Waals surface area contributed by atoms with E-state index in [0.29, 0.717) is 47.4 Å². The summed E-state index contributed by atoms with van der Waals surface area (Å²) in [4.78, 5) is 17.3. The van der Waals surface area contributed by atoms with Gasteiger partial charge in [-0.3, -0.25) is 4.79 Å². The minimum Gasteiger partial charge on any atom is -0.380 e. The zero-order chi connectivity index (χ0) is 18.8. The summed E-state index contributed by atoms with van der Waals surface area (Å²) in [7, 11) is 0. The molecule has 0 spiro atoms. The number of para-hydroxylation sites is 1. The molecule has 5 nitrogen and oxygen atoms in total. The van der Waals surface area contributed by atoms with Gasteiger partial charge in [-0.2, -0.15) is 0 Å². The van der Waals surface area contributed by atoms with Crippen LogP contribution in [0.15, 0.2) is 54.6 Å². The van der Waals surface area contributed by atoms with Crippen molar-refractivity contribution in [2.24, 2.45) is 0 Å². The van der Waals surface area contributed by atoms with Gasteiger partial charge in [0.15, 0.2) is 5.78 Å². The molecule has 2 aromatic carbocycles. The lowest BCUT2D eigenvalue weighted by atomic mass is 9.95. The van der Waals surface area contributed by atoms with Crippen molar-refractivity contribution < 1.29 is 19.0 Å². The highest BCUT2D eigenvalue weighted by molar-refractivity contribution is 5.94. The number of Topliss-reactive ketones (excluding diaryl/α,β-unsaturated/α-hetero) is 1. The maximum Gasteiger partial charge on any atom is 0.195 e. The minimum atomic E-state index is -1.38. The van der Waals surface area contributed by atoms with Gasteiger partial charge in [0, 0.05) is 24.0 Å². The first-order chi connectivity index (χ1) is 13.1. The van der Waals surface area contributed by atoms with E-state index in [1.165, 1.54) is 6.07 Å². The number of pyridine rings is 1. The molecule has 0 amide bonds. The third-order valence-corrected chi connectivity index (χ3v) is 4.71. The van der Waals surface area contributed by atoms with Crippen LogP contribution in [-0.2, 0) is 9.53 Å². The van der Waals surface area contributed by atoms with E-state index in [4.69, 9.17) is 4.74 Å². The second-order valence-electron chi connectivity index (χ2n) is 6.46. The number of nitrogens with zero attached hydrogens (tertiary/aromatic N) is 1. The largest absolute Gasteiger partial charge is 0.380 e. The molecule has 27 heavy (non-hydrogen) atoms. The number of halogens is 1. The van der Waals surface area contributed by atoms with Gasteiger partial charge in [0.2, 0.25) is 0 Å². The van der Waals surface area contributed by atoms with E-state index in [1.807, 2.05) is 12.1 Å². The number of hydrogen-bond donors (Lipinski definition) is 2. The van der Waals surface area contributed by atoms with Crippen molar-refractivity contribution >= 4 is 16.7 Å². The zero-order valence-electron chi connectivity index (χ0n) is 14.6. The second-order valence-corrected chi connectivity index (χ2v) is 6.46. The van der Waals surface area contributed by atoms with E-state index >= 15 is 0 Å². The number of benzene rings is 2. The van der Waals surface area contributed by atoms with Gasteiger partial charge in [-0.25, -0.2) is 9.37 Å². The van der Waals surface area contributed by atoms with Crippen LogP contribution in [-0.4, -0.2) is 41.7 Å². The monoisotopic (exact) mass is 366 g/mol. The first-order valence-electron chi connectivity index (χ1n) is 8.84. The highest BCUT2D eigenvalue weighted by Gasteiger charge is 2.30. The maximum absolute atomic E-state index is 14.3. The van der Waals surface area contributed by atoms with Crippen LogP contribution in [0.5, 0.6) is 0 Å². The van der Waals surface area contributed by atoms with Gasteiger partial charge in [0.05, 0.1) is 17.8 Å². The Hall–Kier alpha value is -2.67. The summed E-state index contributed by atoms with van der Waals surface area (Å²) < 4.78 is 19.7. The van der Waals surface area contributed by atoms with E-state index in [9.17, 15) is 14.3 Å². The Kier molecular flexibility index (Phi) is 4.94. The quantitative estimate of drug-likeness (QED) is 0.743. The van der Waals surface area contributed by atoms with Crippen molar-refractivity contribution in [2.45, 2.75) is 12.2 Å². The number of rotatable bonds is 4. The van der Waals surface area contributed by atoms with Crippen LogP contribution >= 0.6 is 0 Å². The number of aromatic nitrogens is 1. The third-order valence-electron chi connectivity index (χ3n) is 4.71. The maximum atomic E-state index is 14.3. The zero-order valence-corrected chi connectivity index (χ0v) is 14.6. The molecule has 0 radical (unpaired) electrons. The average molecular weight is 366 g/mol. The Morgan fingerprint density at radius 1 is 1.22 bits per heavy atom. The molecule has 1 aromatic heterocycles. The number of carbonyl (C=O) groups is 1. The smallest absolute Gasteiger partial charge is 0.195 e.